The molecule has 0 saturated heterocycles. The lowest BCUT2D eigenvalue weighted by atomic mass is 10.1. The van der Waals surface area contributed by atoms with Gasteiger partial charge in [0, 0.05) is 30.4 Å². The SMILES string of the molecule is COc1ccc(CNCc2cn(-c3ccccc3)nc2-c2ccccc2)cc1OC. The highest BCUT2D eigenvalue weighted by molar-refractivity contribution is 5.63. The van der Waals surface area contributed by atoms with Crippen LogP contribution in [0.15, 0.2) is 85.1 Å². The van der Waals surface area contributed by atoms with Crippen molar-refractivity contribution in [2.24, 2.45) is 0 Å². The molecule has 0 unspecified atom stereocenters. The van der Waals surface area contributed by atoms with Crippen LogP contribution >= 0.6 is 0 Å². The number of rotatable bonds is 8. The van der Waals surface area contributed by atoms with Gasteiger partial charge in [-0.15, -0.1) is 0 Å². The summed E-state index contributed by atoms with van der Waals surface area (Å²) >= 11 is 0. The molecule has 30 heavy (non-hydrogen) atoms. The summed E-state index contributed by atoms with van der Waals surface area (Å²) in [6.07, 6.45) is 2.10. The molecule has 3 aromatic carbocycles. The Bertz CT molecular complexity index is 1090. The summed E-state index contributed by atoms with van der Waals surface area (Å²) in [5.74, 6) is 1.47. The van der Waals surface area contributed by atoms with Crippen LogP contribution in [0.5, 0.6) is 11.5 Å². The lowest BCUT2D eigenvalue weighted by molar-refractivity contribution is 0.354. The van der Waals surface area contributed by atoms with E-state index in [-0.39, 0.29) is 0 Å². The van der Waals surface area contributed by atoms with E-state index in [2.05, 4.69) is 35.8 Å². The molecule has 0 atom stereocenters. The van der Waals surface area contributed by atoms with Gasteiger partial charge in [0.25, 0.3) is 0 Å². The normalized spacial score (nSPS) is 10.7. The standard InChI is InChI=1S/C25H25N3O2/c1-29-23-14-13-19(15-24(23)30-2)16-26-17-21-18-28(22-11-7-4-8-12-22)27-25(21)20-9-5-3-6-10-20/h3-15,18,26H,16-17H2,1-2H3. The van der Waals surface area contributed by atoms with Crippen molar-refractivity contribution >= 4 is 0 Å². The second kappa shape index (κ2) is 9.29. The topological polar surface area (TPSA) is 48.3 Å². The Balaban J connectivity index is 1.55. The van der Waals surface area contributed by atoms with Crippen molar-refractivity contribution in [3.05, 3.63) is 96.2 Å². The first-order chi connectivity index (χ1) is 14.8. The molecule has 4 aromatic rings. The van der Waals surface area contributed by atoms with E-state index in [9.17, 15) is 0 Å². The van der Waals surface area contributed by atoms with Gasteiger partial charge in [-0.25, -0.2) is 4.68 Å². The number of ether oxygens (including phenoxy) is 2. The number of aromatic nitrogens is 2. The van der Waals surface area contributed by atoms with Crippen LogP contribution in [0.25, 0.3) is 16.9 Å². The minimum Gasteiger partial charge on any atom is -0.493 e. The lowest BCUT2D eigenvalue weighted by Gasteiger charge is -2.10. The molecule has 0 bridgehead atoms. The first-order valence-electron chi connectivity index (χ1n) is 9.89. The van der Waals surface area contributed by atoms with Crippen LogP contribution in [0.2, 0.25) is 0 Å². The van der Waals surface area contributed by atoms with E-state index in [0.29, 0.717) is 13.1 Å². The number of hydrogen-bond donors (Lipinski definition) is 1. The molecule has 0 spiro atoms. The molecule has 1 N–H and O–H groups in total. The first kappa shape index (κ1) is 19.7. The van der Waals surface area contributed by atoms with Crippen molar-refractivity contribution in [2.75, 3.05) is 14.2 Å². The minimum absolute atomic E-state index is 0.700. The molecule has 0 aliphatic carbocycles. The van der Waals surface area contributed by atoms with Gasteiger partial charge in [0.1, 0.15) is 0 Å². The van der Waals surface area contributed by atoms with E-state index < -0.39 is 0 Å². The number of hydrogen-bond acceptors (Lipinski definition) is 4. The molecule has 0 aliphatic rings. The zero-order valence-electron chi connectivity index (χ0n) is 17.2. The molecule has 0 saturated carbocycles. The van der Waals surface area contributed by atoms with Crippen LogP contribution in [-0.4, -0.2) is 24.0 Å². The van der Waals surface area contributed by atoms with Gasteiger partial charge in [0.05, 0.1) is 25.6 Å². The monoisotopic (exact) mass is 399 g/mol. The summed E-state index contributed by atoms with van der Waals surface area (Å²) in [6, 6.07) is 26.4. The molecule has 5 nitrogen and oxygen atoms in total. The molecule has 0 radical (unpaired) electrons. The van der Waals surface area contributed by atoms with Crippen molar-refractivity contribution in [1.82, 2.24) is 15.1 Å². The highest BCUT2D eigenvalue weighted by atomic mass is 16.5. The zero-order valence-corrected chi connectivity index (χ0v) is 17.2. The third-order valence-corrected chi connectivity index (χ3v) is 4.95. The average molecular weight is 399 g/mol. The van der Waals surface area contributed by atoms with Crippen molar-refractivity contribution in [3.63, 3.8) is 0 Å². The Morgan fingerprint density at radius 2 is 1.50 bits per heavy atom. The van der Waals surface area contributed by atoms with Crippen LogP contribution in [-0.2, 0) is 13.1 Å². The van der Waals surface area contributed by atoms with Crippen LogP contribution in [0, 0.1) is 0 Å². The maximum atomic E-state index is 5.40. The third kappa shape index (κ3) is 4.36. The summed E-state index contributed by atoms with van der Waals surface area (Å²) in [7, 11) is 3.30. The third-order valence-electron chi connectivity index (χ3n) is 4.95. The summed E-state index contributed by atoms with van der Waals surface area (Å²) in [5.41, 5.74) is 5.41. The Kier molecular flexibility index (Phi) is 6.11. The number of para-hydroxylation sites is 1. The number of nitrogens with zero attached hydrogens (tertiary/aromatic N) is 2. The van der Waals surface area contributed by atoms with Crippen LogP contribution in [0.4, 0.5) is 0 Å². The van der Waals surface area contributed by atoms with E-state index in [4.69, 9.17) is 14.6 Å². The molecular weight excluding hydrogens is 374 g/mol. The maximum Gasteiger partial charge on any atom is 0.161 e. The number of methoxy groups -OCH3 is 2. The van der Waals surface area contributed by atoms with Gasteiger partial charge < -0.3 is 14.8 Å². The van der Waals surface area contributed by atoms with Crippen molar-refractivity contribution in [1.29, 1.82) is 0 Å². The first-order valence-corrected chi connectivity index (χ1v) is 9.89. The van der Waals surface area contributed by atoms with Crippen LogP contribution in [0.3, 0.4) is 0 Å². The van der Waals surface area contributed by atoms with Gasteiger partial charge in [-0.2, -0.15) is 5.10 Å². The van der Waals surface area contributed by atoms with E-state index >= 15 is 0 Å². The molecule has 1 heterocycles. The van der Waals surface area contributed by atoms with Crippen molar-refractivity contribution in [2.45, 2.75) is 13.1 Å². The van der Waals surface area contributed by atoms with Gasteiger partial charge in [0.15, 0.2) is 11.5 Å². The van der Waals surface area contributed by atoms with Crippen LogP contribution in [0.1, 0.15) is 11.1 Å². The highest BCUT2D eigenvalue weighted by Gasteiger charge is 2.12. The second-order valence-corrected chi connectivity index (χ2v) is 6.94. The van der Waals surface area contributed by atoms with Gasteiger partial charge in [0.2, 0.25) is 0 Å². The molecular formula is C25H25N3O2. The number of benzene rings is 3. The summed E-state index contributed by atoms with van der Waals surface area (Å²) in [4.78, 5) is 0. The molecule has 152 valence electrons. The fourth-order valence-corrected chi connectivity index (χ4v) is 3.42. The van der Waals surface area contributed by atoms with Crippen LogP contribution < -0.4 is 14.8 Å². The summed E-state index contributed by atoms with van der Waals surface area (Å²) < 4.78 is 12.7. The van der Waals surface area contributed by atoms with E-state index in [1.54, 1.807) is 14.2 Å². The Labute approximate surface area is 176 Å². The average Bonchev–Trinajstić information content (AvgIpc) is 3.24. The van der Waals surface area contributed by atoms with Gasteiger partial charge >= 0.3 is 0 Å². The molecule has 0 amide bonds. The Morgan fingerprint density at radius 1 is 0.800 bits per heavy atom. The van der Waals surface area contributed by atoms with Gasteiger partial charge in [-0.05, 0) is 29.8 Å². The number of nitrogens with one attached hydrogen (secondary N) is 1. The summed E-state index contributed by atoms with van der Waals surface area (Å²) in [5, 5.41) is 8.40. The lowest BCUT2D eigenvalue weighted by Crippen LogP contribution is -2.13. The van der Waals surface area contributed by atoms with Crippen molar-refractivity contribution < 1.29 is 9.47 Å². The fourth-order valence-electron chi connectivity index (χ4n) is 3.42. The predicted molar refractivity (Wildman–Crippen MR) is 119 cm³/mol. The van der Waals surface area contributed by atoms with E-state index in [1.165, 1.54) is 0 Å². The van der Waals surface area contributed by atoms with E-state index in [0.717, 1.165) is 39.6 Å². The van der Waals surface area contributed by atoms with Crippen molar-refractivity contribution in [3.8, 4) is 28.4 Å². The Morgan fingerprint density at radius 3 is 2.20 bits per heavy atom. The minimum atomic E-state index is 0.700. The molecule has 4 rings (SSSR count). The summed E-state index contributed by atoms with van der Waals surface area (Å²) in [6.45, 7) is 1.41. The molecule has 0 fully saturated rings. The van der Waals surface area contributed by atoms with Gasteiger partial charge in [-0.3, -0.25) is 0 Å². The smallest absolute Gasteiger partial charge is 0.161 e. The Hall–Kier alpha value is -3.57. The van der Waals surface area contributed by atoms with E-state index in [1.807, 2.05) is 59.3 Å². The second-order valence-electron chi connectivity index (χ2n) is 6.94. The highest BCUT2D eigenvalue weighted by Crippen LogP contribution is 2.28. The maximum absolute atomic E-state index is 5.40. The largest absolute Gasteiger partial charge is 0.493 e. The quantitative estimate of drug-likeness (QED) is 0.460. The predicted octanol–water partition coefficient (Wildman–Crippen LogP) is 4.85. The zero-order chi connectivity index (χ0) is 20.8. The molecule has 0 aliphatic heterocycles. The fraction of sp³-hybridized carbons (Fsp3) is 0.160. The van der Waals surface area contributed by atoms with Gasteiger partial charge in [-0.1, -0.05) is 54.6 Å². The molecule has 5 heteroatoms. The molecule has 1 aromatic heterocycles.